The summed E-state index contributed by atoms with van der Waals surface area (Å²) in [7, 11) is 1.77. The van der Waals surface area contributed by atoms with Crippen LogP contribution in [0, 0.1) is 5.82 Å². The van der Waals surface area contributed by atoms with Crippen molar-refractivity contribution in [3.63, 3.8) is 0 Å². The molecule has 0 bridgehead atoms. The summed E-state index contributed by atoms with van der Waals surface area (Å²) >= 11 is 5.62. The third-order valence-electron chi connectivity index (χ3n) is 1.80. The molecule has 0 spiro atoms. The Balaban J connectivity index is 3.19. The molecule has 1 aromatic rings. The predicted octanol–water partition coefficient (Wildman–Crippen LogP) is 3.08. The number of halogens is 2. The van der Waals surface area contributed by atoms with Gasteiger partial charge in [-0.1, -0.05) is 18.5 Å². The molecule has 0 amide bonds. The molecular formula is C9H11ClFN. The highest BCUT2D eigenvalue weighted by Crippen LogP contribution is 2.23. The first-order valence-corrected chi connectivity index (χ1v) is 4.22. The van der Waals surface area contributed by atoms with Crippen LogP contribution in [0.1, 0.15) is 12.5 Å². The SMILES string of the molecule is CCc1cc(Cl)c(F)cc1NC. The maximum atomic E-state index is 12.9. The van der Waals surface area contributed by atoms with Crippen molar-refractivity contribution in [2.75, 3.05) is 12.4 Å². The van der Waals surface area contributed by atoms with Crippen molar-refractivity contribution in [3.05, 3.63) is 28.5 Å². The van der Waals surface area contributed by atoms with Crippen LogP contribution in [0.4, 0.5) is 10.1 Å². The lowest BCUT2D eigenvalue weighted by Gasteiger charge is -2.07. The van der Waals surface area contributed by atoms with Crippen molar-refractivity contribution in [3.8, 4) is 0 Å². The molecule has 1 rings (SSSR count). The second kappa shape index (κ2) is 3.76. The van der Waals surface area contributed by atoms with E-state index in [-0.39, 0.29) is 10.8 Å². The second-order valence-electron chi connectivity index (χ2n) is 2.53. The monoisotopic (exact) mass is 187 g/mol. The minimum absolute atomic E-state index is 0.186. The van der Waals surface area contributed by atoms with Gasteiger partial charge in [-0.15, -0.1) is 0 Å². The van der Waals surface area contributed by atoms with E-state index >= 15 is 0 Å². The smallest absolute Gasteiger partial charge is 0.143 e. The quantitative estimate of drug-likeness (QED) is 0.751. The van der Waals surface area contributed by atoms with Gasteiger partial charge in [-0.05, 0) is 24.1 Å². The first-order valence-electron chi connectivity index (χ1n) is 3.84. The number of anilines is 1. The minimum Gasteiger partial charge on any atom is -0.388 e. The zero-order valence-electron chi connectivity index (χ0n) is 7.12. The average molecular weight is 188 g/mol. The van der Waals surface area contributed by atoms with E-state index < -0.39 is 0 Å². The fraction of sp³-hybridized carbons (Fsp3) is 0.333. The average Bonchev–Trinajstić information content (AvgIpc) is 2.09. The lowest BCUT2D eigenvalue weighted by Crippen LogP contribution is -1.95. The Kier molecular flexibility index (Phi) is 2.93. The van der Waals surface area contributed by atoms with Crippen molar-refractivity contribution in [1.29, 1.82) is 0 Å². The van der Waals surface area contributed by atoms with Crippen LogP contribution < -0.4 is 5.32 Å². The molecule has 0 saturated heterocycles. The molecule has 12 heavy (non-hydrogen) atoms. The number of benzene rings is 1. The fourth-order valence-electron chi connectivity index (χ4n) is 1.11. The van der Waals surface area contributed by atoms with Crippen LogP contribution in [0.3, 0.4) is 0 Å². The number of hydrogen-bond acceptors (Lipinski definition) is 1. The third kappa shape index (κ3) is 1.69. The van der Waals surface area contributed by atoms with Gasteiger partial charge in [-0.25, -0.2) is 4.39 Å². The fourth-order valence-corrected chi connectivity index (χ4v) is 1.30. The molecular weight excluding hydrogens is 177 g/mol. The zero-order chi connectivity index (χ0) is 9.14. The highest BCUT2D eigenvalue weighted by Gasteiger charge is 2.05. The van der Waals surface area contributed by atoms with Gasteiger partial charge in [0.25, 0.3) is 0 Å². The summed E-state index contributed by atoms with van der Waals surface area (Å²) in [6, 6.07) is 3.07. The van der Waals surface area contributed by atoms with E-state index in [0.29, 0.717) is 0 Å². The van der Waals surface area contributed by atoms with Gasteiger partial charge in [0.15, 0.2) is 0 Å². The summed E-state index contributed by atoms with van der Waals surface area (Å²) in [5.74, 6) is -0.377. The first kappa shape index (κ1) is 9.33. The van der Waals surface area contributed by atoms with Gasteiger partial charge in [0.1, 0.15) is 5.82 Å². The number of hydrogen-bond donors (Lipinski definition) is 1. The maximum absolute atomic E-state index is 12.9. The van der Waals surface area contributed by atoms with Crippen LogP contribution in [0.2, 0.25) is 5.02 Å². The highest BCUT2D eigenvalue weighted by atomic mass is 35.5. The Morgan fingerprint density at radius 3 is 2.67 bits per heavy atom. The van der Waals surface area contributed by atoms with E-state index in [1.807, 2.05) is 6.92 Å². The van der Waals surface area contributed by atoms with Crippen LogP contribution in [0.15, 0.2) is 12.1 Å². The first-order chi connectivity index (χ1) is 5.69. The second-order valence-corrected chi connectivity index (χ2v) is 2.93. The van der Waals surface area contributed by atoms with Crippen LogP contribution in [-0.2, 0) is 6.42 Å². The van der Waals surface area contributed by atoms with Crippen molar-refractivity contribution in [1.82, 2.24) is 0 Å². The normalized spacial score (nSPS) is 10.0. The van der Waals surface area contributed by atoms with Gasteiger partial charge in [0.2, 0.25) is 0 Å². The van der Waals surface area contributed by atoms with E-state index in [1.165, 1.54) is 6.07 Å². The highest BCUT2D eigenvalue weighted by molar-refractivity contribution is 6.30. The van der Waals surface area contributed by atoms with Gasteiger partial charge in [-0.3, -0.25) is 0 Å². The number of rotatable bonds is 2. The van der Waals surface area contributed by atoms with Gasteiger partial charge in [0, 0.05) is 12.7 Å². The summed E-state index contributed by atoms with van der Waals surface area (Å²) in [6.45, 7) is 2.00. The molecule has 0 fully saturated rings. The topological polar surface area (TPSA) is 12.0 Å². The van der Waals surface area contributed by atoms with Crippen LogP contribution in [0.5, 0.6) is 0 Å². The van der Waals surface area contributed by atoms with Crippen LogP contribution in [-0.4, -0.2) is 7.05 Å². The van der Waals surface area contributed by atoms with Crippen molar-refractivity contribution >= 4 is 17.3 Å². The Morgan fingerprint density at radius 2 is 2.17 bits per heavy atom. The van der Waals surface area contributed by atoms with Gasteiger partial charge in [-0.2, -0.15) is 0 Å². The van der Waals surface area contributed by atoms with Gasteiger partial charge < -0.3 is 5.32 Å². The molecule has 0 aliphatic heterocycles. The summed E-state index contributed by atoms with van der Waals surface area (Å²) in [5.41, 5.74) is 1.84. The molecule has 66 valence electrons. The Morgan fingerprint density at radius 1 is 1.50 bits per heavy atom. The van der Waals surface area contributed by atoms with E-state index in [4.69, 9.17) is 11.6 Å². The Hall–Kier alpha value is -0.760. The lowest BCUT2D eigenvalue weighted by atomic mass is 10.1. The molecule has 0 aliphatic carbocycles. The minimum atomic E-state index is -0.377. The molecule has 0 saturated carbocycles. The predicted molar refractivity (Wildman–Crippen MR) is 50.3 cm³/mol. The molecule has 0 aliphatic rings. The van der Waals surface area contributed by atoms with E-state index in [9.17, 15) is 4.39 Å². The molecule has 1 aromatic carbocycles. The third-order valence-corrected chi connectivity index (χ3v) is 2.09. The largest absolute Gasteiger partial charge is 0.388 e. The maximum Gasteiger partial charge on any atom is 0.143 e. The summed E-state index contributed by atoms with van der Waals surface area (Å²) < 4.78 is 12.9. The lowest BCUT2D eigenvalue weighted by molar-refractivity contribution is 0.628. The van der Waals surface area contributed by atoms with Gasteiger partial charge in [0.05, 0.1) is 5.02 Å². The summed E-state index contributed by atoms with van der Waals surface area (Å²) in [6.07, 6.45) is 0.843. The summed E-state index contributed by atoms with van der Waals surface area (Å²) in [5, 5.41) is 3.10. The molecule has 1 nitrogen and oxygen atoms in total. The summed E-state index contributed by atoms with van der Waals surface area (Å²) in [4.78, 5) is 0. The Bertz CT molecular complexity index is 257. The van der Waals surface area contributed by atoms with E-state index in [2.05, 4.69) is 5.32 Å². The molecule has 0 heterocycles. The molecule has 0 aromatic heterocycles. The molecule has 0 unspecified atom stereocenters. The Labute approximate surface area is 76.5 Å². The van der Waals surface area contributed by atoms with Crippen molar-refractivity contribution in [2.24, 2.45) is 0 Å². The van der Waals surface area contributed by atoms with Gasteiger partial charge >= 0.3 is 0 Å². The molecule has 0 radical (unpaired) electrons. The zero-order valence-corrected chi connectivity index (χ0v) is 7.87. The standard InChI is InChI=1S/C9H11ClFN/c1-3-6-4-7(10)8(11)5-9(6)12-2/h4-5,12H,3H2,1-2H3. The van der Waals surface area contributed by atoms with E-state index in [0.717, 1.165) is 17.7 Å². The van der Waals surface area contributed by atoms with E-state index in [1.54, 1.807) is 13.1 Å². The molecule has 1 N–H and O–H groups in total. The molecule has 0 atom stereocenters. The van der Waals surface area contributed by atoms with Crippen molar-refractivity contribution in [2.45, 2.75) is 13.3 Å². The molecule has 3 heteroatoms. The number of aryl methyl sites for hydroxylation is 1. The van der Waals surface area contributed by atoms with Crippen LogP contribution in [0.25, 0.3) is 0 Å². The number of nitrogens with one attached hydrogen (secondary N) is 1. The van der Waals surface area contributed by atoms with Crippen LogP contribution >= 0.6 is 11.6 Å². The van der Waals surface area contributed by atoms with Crippen molar-refractivity contribution < 1.29 is 4.39 Å².